The van der Waals surface area contributed by atoms with Crippen LogP contribution >= 0.6 is 0 Å². The molecule has 0 saturated heterocycles. The molecule has 0 bridgehead atoms. The standard InChI is InChI=1S/C18H5F29O2/c1-3(2)4(48)49-16(41,13(35,36)9(27,28)11(31,32)15(39,40)18(45,46)47)12(33,34)8(25,26)6(21,22)5(19,20)7(23,24)10(29,30)14(37,38)17(42,43)44/h1H2,2H3. The number of esters is 1. The third-order valence-electron chi connectivity index (χ3n) is 5.65. The summed E-state index contributed by atoms with van der Waals surface area (Å²) in [6.45, 7) is 1.72. The van der Waals surface area contributed by atoms with Gasteiger partial charge in [-0.25, -0.2) is 4.79 Å². The van der Waals surface area contributed by atoms with Crippen molar-refractivity contribution < 1.29 is 137 Å². The van der Waals surface area contributed by atoms with Crippen LogP contribution in [0, 0.1) is 0 Å². The quantitative estimate of drug-likeness (QED) is 0.105. The van der Waals surface area contributed by atoms with E-state index in [-0.39, 0.29) is 6.92 Å². The highest BCUT2D eigenvalue weighted by Crippen LogP contribution is 2.69. The predicted molar refractivity (Wildman–Crippen MR) is 91.3 cm³/mol. The average Bonchev–Trinajstić information content (AvgIpc) is 2.85. The Bertz CT molecular complexity index is 1270. The minimum Gasteiger partial charge on any atom is -0.413 e. The van der Waals surface area contributed by atoms with Crippen LogP contribution in [0.2, 0.25) is 0 Å². The highest BCUT2D eigenvalue weighted by molar-refractivity contribution is 5.87. The van der Waals surface area contributed by atoms with Crippen molar-refractivity contribution in [2.24, 2.45) is 0 Å². The number of hydrogen-bond acceptors (Lipinski definition) is 2. The lowest BCUT2D eigenvalue weighted by atomic mass is 9.83. The van der Waals surface area contributed by atoms with Gasteiger partial charge >= 0.3 is 89.3 Å². The van der Waals surface area contributed by atoms with Crippen LogP contribution in [0.25, 0.3) is 0 Å². The lowest BCUT2D eigenvalue weighted by molar-refractivity contribution is -0.497. The maximum absolute atomic E-state index is 15.0. The van der Waals surface area contributed by atoms with Gasteiger partial charge in [0.1, 0.15) is 0 Å². The van der Waals surface area contributed by atoms with Crippen LogP contribution in [0.4, 0.5) is 127 Å². The molecular weight excluding hydrogens is 799 g/mol. The third-order valence-corrected chi connectivity index (χ3v) is 5.65. The van der Waals surface area contributed by atoms with E-state index in [2.05, 4.69) is 0 Å². The number of halogens is 29. The van der Waals surface area contributed by atoms with Gasteiger partial charge in [0.05, 0.1) is 0 Å². The van der Waals surface area contributed by atoms with Crippen LogP contribution in [0.1, 0.15) is 6.92 Å². The minimum absolute atomic E-state index is 0.284. The van der Waals surface area contributed by atoms with Gasteiger partial charge in [-0.2, -0.15) is 127 Å². The molecule has 0 fully saturated rings. The van der Waals surface area contributed by atoms with Gasteiger partial charge in [0.25, 0.3) is 0 Å². The summed E-state index contributed by atoms with van der Waals surface area (Å²) in [7, 11) is 0. The second-order valence-electron chi connectivity index (χ2n) is 9.08. The zero-order valence-corrected chi connectivity index (χ0v) is 21.5. The Labute approximate surface area is 246 Å². The highest BCUT2D eigenvalue weighted by atomic mass is 19.4. The number of rotatable bonds is 13. The molecule has 31 heteroatoms. The monoisotopic (exact) mass is 804 g/mol. The molecule has 0 aliphatic heterocycles. The van der Waals surface area contributed by atoms with Gasteiger partial charge in [-0.05, 0) is 6.92 Å². The molecule has 1 unspecified atom stereocenters. The zero-order chi connectivity index (χ0) is 40.9. The van der Waals surface area contributed by atoms with Crippen molar-refractivity contribution in [3.05, 3.63) is 12.2 Å². The molecule has 0 aliphatic rings. The van der Waals surface area contributed by atoms with Crippen LogP contribution in [0.5, 0.6) is 0 Å². The number of carbonyl (C=O) groups excluding carboxylic acids is 1. The topological polar surface area (TPSA) is 26.3 Å². The summed E-state index contributed by atoms with van der Waals surface area (Å²) in [5.41, 5.74) is -2.22. The second kappa shape index (κ2) is 11.3. The van der Waals surface area contributed by atoms with Crippen LogP contribution in [-0.4, -0.2) is 89.3 Å². The third kappa shape index (κ3) is 5.55. The maximum atomic E-state index is 15.0. The van der Waals surface area contributed by atoms with Gasteiger partial charge in [0, 0.05) is 5.57 Å². The fourth-order valence-corrected chi connectivity index (χ4v) is 2.68. The lowest BCUT2D eigenvalue weighted by Gasteiger charge is -2.47. The van der Waals surface area contributed by atoms with E-state index < -0.39 is 94.9 Å². The zero-order valence-electron chi connectivity index (χ0n) is 21.5. The van der Waals surface area contributed by atoms with Gasteiger partial charge in [-0.15, -0.1) is 0 Å². The van der Waals surface area contributed by atoms with Crippen molar-refractivity contribution >= 4 is 5.97 Å². The molecule has 1 atom stereocenters. The van der Waals surface area contributed by atoms with Crippen LogP contribution < -0.4 is 0 Å². The lowest BCUT2D eigenvalue weighted by Crippen LogP contribution is -2.80. The predicted octanol–water partition coefficient (Wildman–Crippen LogP) is 9.88. The molecule has 0 aliphatic carbocycles. The first-order valence-corrected chi connectivity index (χ1v) is 10.4. The Morgan fingerprint density at radius 3 is 0.673 bits per heavy atom. The van der Waals surface area contributed by atoms with Crippen molar-refractivity contribution in [2.45, 2.75) is 90.3 Å². The Kier molecular flexibility index (Phi) is 10.7. The fourth-order valence-electron chi connectivity index (χ4n) is 2.68. The second-order valence-corrected chi connectivity index (χ2v) is 9.08. The summed E-state index contributed by atoms with van der Waals surface area (Å²) in [4.78, 5) is 11.3. The SMILES string of the molecule is C=C(C)C(=O)OC(F)(C(F)(F)C(F)(F)C(F)(F)C(F)(F)C(F)(F)F)C(F)(F)C(F)(F)C(F)(F)C(F)(F)C(F)(F)C(F)(F)C(F)(F)C(F)(F)F. The summed E-state index contributed by atoms with van der Waals surface area (Å²) >= 11 is 0. The van der Waals surface area contributed by atoms with Crippen LogP contribution in [0.3, 0.4) is 0 Å². The van der Waals surface area contributed by atoms with Gasteiger partial charge in [-0.1, -0.05) is 6.58 Å². The molecule has 2 nitrogen and oxygen atoms in total. The van der Waals surface area contributed by atoms with Crippen molar-refractivity contribution in [3.63, 3.8) is 0 Å². The number of alkyl halides is 29. The van der Waals surface area contributed by atoms with E-state index in [4.69, 9.17) is 0 Å². The summed E-state index contributed by atoms with van der Waals surface area (Å²) in [6.07, 6.45) is -16.6. The summed E-state index contributed by atoms with van der Waals surface area (Å²) in [5, 5.41) is 0. The van der Waals surface area contributed by atoms with E-state index in [1.807, 2.05) is 11.3 Å². The molecule has 0 amide bonds. The molecule has 49 heavy (non-hydrogen) atoms. The largest absolute Gasteiger partial charge is 0.460 e. The Balaban J connectivity index is 8.18. The highest BCUT2D eigenvalue weighted by Gasteiger charge is 3.01. The normalized spacial score (nSPS) is 17.5. The van der Waals surface area contributed by atoms with Gasteiger partial charge in [-0.3, -0.25) is 0 Å². The summed E-state index contributed by atoms with van der Waals surface area (Å²) < 4.78 is 392. The maximum Gasteiger partial charge on any atom is 0.460 e. The molecule has 0 rings (SSSR count). The van der Waals surface area contributed by atoms with Crippen molar-refractivity contribution in [2.75, 3.05) is 0 Å². The average molecular weight is 804 g/mol. The Hall–Kier alpha value is -2.82. The van der Waals surface area contributed by atoms with E-state index >= 15 is 0 Å². The van der Waals surface area contributed by atoms with Crippen molar-refractivity contribution in [1.29, 1.82) is 0 Å². The Morgan fingerprint density at radius 2 is 0.510 bits per heavy atom. The van der Waals surface area contributed by atoms with Gasteiger partial charge in [0.15, 0.2) is 0 Å². The van der Waals surface area contributed by atoms with E-state index in [1.54, 1.807) is 0 Å². The Morgan fingerprint density at radius 1 is 0.347 bits per heavy atom. The molecule has 292 valence electrons. The fraction of sp³-hybridized carbons (Fsp3) is 0.833. The van der Waals surface area contributed by atoms with Crippen molar-refractivity contribution in [1.82, 2.24) is 0 Å². The van der Waals surface area contributed by atoms with Crippen LogP contribution in [0.15, 0.2) is 12.2 Å². The first-order chi connectivity index (χ1) is 20.6. The van der Waals surface area contributed by atoms with E-state index in [9.17, 15) is 132 Å². The molecule has 0 aromatic rings. The summed E-state index contributed by atoms with van der Waals surface area (Å²) in [5.74, 6) is -118. The van der Waals surface area contributed by atoms with Crippen molar-refractivity contribution in [3.8, 4) is 0 Å². The summed E-state index contributed by atoms with van der Waals surface area (Å²) in [6, 6.07) is 0. The van der Waals surface area contributed by atoms with Crippen LogP contribution in [-0.2, 0) is 9.53 Å². The molecule has 0 spiro atoms. The molecule has 0 heterocycles. The molecule has 0 radical (unpaired) electrons. The smallest absolute Gasteiger partial charge is 0.413 e. The molecule has 0 saturated carbocycles. The molecule has 0 N–H and O–H groups in total. The van der Waals surface area contributed by atoms with E-state index in [1.165, 1.54) is 0 Å². The minimum atomic E-state index is -9.93. The molecule has 0 aromatic heterocycles. The number of ether oxygens (including phenoxy) is 1. The van der Waals surface area contributed by atoms with Gasteiger partial charge < -0.3 is 4.74 Å². The molecule has 0 aromatic carbocycles. The first-order valence-electron chi connectivity index (χ1n) is 10.4. The van der Waals surface area contributed by atoms with Gasteiger partial charge in [0.2, 0.25) is 0 Å². The van der Waals surface area contributed by atoms with E-state index in [0.29, 0.717) is 0 Å². The molecular formula is C18H5F29O2. The number of carbonyl (C=O) groups is 1. The number of hydrogen-bond donors (Lipinski definition) is 0. The van der Waals surface area contributed by atoms with E-state index in [0.717, 1.165) is 0 Å². The first kappa shape index (κ1) is 46.2.